The first-order chi connectivity index (χ1) is 11.1. The van der Waals surface area contributed by atoms with Gasteiger partial charge in [0.1, 0.15) is 11.7 Å². The third kappa shape index (κ3) is 3.38. The number of hydrogen-bond acceptors (Lipinski definition) is 4. The Morgan fingerprint density at radius 1 is 1.33 bits per heavy atom. The number of carbonyl (C=O) groups excluding carboxylic acids is 1. The molecule has 1 atom stereocenters. The van der Waals surface area contributed by atoms with Crippen molar-refractivity contribution in [3.05, 3.63) is 46.4 Å². The molecule has 1 unspecified atom stereocenters. The third-order valence-corrected chi connectivity index (χ3v) is 4.04. The average Bonchev–Trinajstić information content (AvgIpc) is 2.80. The van der Waals surface area contributed by atoms with E-state index in [2.05, 4.69) is 10.6 Å². The van der Waals surface area contributed by atoms with E-state index < -0.39 is 6.04 Å². The Bertz CT molecular complexity index is 764. The van der Waals surface area contributed by atoms with Crippen molar-refractivity contribution in [3.8, 4) is 5.69 Å². The Morgan fingerprint density at radius 3 is 2.67 bits per heavy atom. The van der Waals surface area contributed by atoms with Gasteiger partial charge in [0.05, 0.1) is 24.6 Å². The van der Waals surface area contributed by atoms with Crippen LogP contribution in [0, 0.1) is 6.92 Å². The lowest BCUT2D eigenvalue weighted by atomic mass is 10.2. The lowest BCUT2D eigenvalue weighted by Gasteiger charge is -2.22. The molecule has 24 heavy (non-hydrogen) atoms. The van der Waals surface area contributed by atoms with E-state index in [-0.39, 0.29) is 23.9 Å². The molecule has 3 rings (SSSR count). The highest BCUT2D eigenvalue weighted by molar-refractivity contribution is 5.95. The van der Waals surface area contributed by atoms with Crippen molar-refractivity contribution in [1.82, 2.24) is 14.7 Å². The van der Waals surface area contributed by atoms with Gasteiger partial charge >= 0.3 is 0 Å². The lowest BCUT2D eigenvalue weighted by molar-refractivity contribution is -0.120. The zero-order valence-corrected chi connectivity index (χ0v) is 14.4. The minimum atomic E-state index is -0.437. The number of morpholine rings is 1. The fraction of sp³-hybridized carbons (Fsp3) is 0.375. The molecule has 1 saturated heterocycles. The van der Waals surface area contributed by atoms with Gasteiger partial charge in [-0.25, -0.2) is 4.68 Å². The minimum absolute atomic E-state index is 0. The predicted molar refractivity (Wildman–Crippen MR) is 94.2 cm³/mol. The maximum atomic E-state index is 12.7. The quantitative estimate of drug-likeness (QED) is 0.858. The number of nitrogens with one attached hydrogen (secondary N) is 2. The van der Waals surface area contributed by atoms with Crippen molar-refractivity contribution in [2.24, 2.45) is 7.05 Å². The zero-order valence-electron chi connectivity index (χ0n) is 13.6. The molecule has 1 fully saturated rings. The SMILES string of the molecule is Cc1c(NC(=O)C2COCCN2)c(=O)n(-c2ccccc2)n1C.Cl. The molecule has 2 aromatic rings. The molecular formula is C16H21ClN4O3. The van der Waals surface area contributed by atoms with Crippen molar-refractivity contribution in [3.63, 3.8) is 0 Å². The fourth-order valence-corrected chi connectivity index (χ4v) is 2.66. The molecule has 0 saturated carbocycles. The molecular weight excluding hydrogens is 332 g/mol. The van der Waals surface area contributed by atoms with Crippen molar-refractivity contribution in [1.29, 1.82) is 0 Å². The molecule has 0 bridgehead atoms. The van der Waals surface area contributed by atoms with E-state index in [1.54, 1.807) is 18.7 Å². The summed E-state index contributed by atoms with van der Waals surface area (Å²) in [6, 6.07) is 8.89. The molecule has 130 valence electrons. The number of amides is 1. The van der Waals surface area contributed by atoms with Crippen LogP contribution in [0.15, 0.2) is 35.1 Å². The Balaban J connectivity index is 0.00000208. The Kier molecular flexibility index (Phi) is 5.82. The van der Waals surface area contributed by atoms with Crippen LogP contribution in [0.1, 0.15) is 5.69 Å². The first kappa shape index (κ1) is 18.3. The van der Waals surface area contributed by atoms with Crippen molar-refractivity contribution in [2.45, 2.75) is 13.0 Å². The first-order valence-electron chi connectivity index (χ1n) is 7.55. The van der Waals surface area contributed by atoms with Crippen molar-refractivity contribution >= 4 is 24.0 Å². The fourth-order valence-electron chi connectivity index (χ4n) is 2.66. The number of halogens is 1. The number of rotatable bonds is 3. The number of para-hydroxylation sites is 1. The minimum Gasteiger partial charge on any atom is -0.378 e. The highest BCUT2D eigenvalue weighted by Crippen LogP contribution is 2.14. The number of carbonyl (C=O) groups is 1. The van der Waals surface area contributed by atoms with E-state index in [1.165, 1.54) is 4.68 Å². The second kappa shape index (κ2) is 7.65. The van der Waals surface area contributed by atoms with Gasteiger partial charge in [-0.05, 0) is 19.1 Å². The van der Waals surface area contributed by atoms with E-state index >= 15 is 0 Å². The highest BCUT2D eigenvalue weighted by atomic mass is 35.5. The summed E-state index contributed by atoms with van der Waals surface area (Å²) in [6.45, 7) is 3.33. The smallest absolute Gasteiger partial charge is 0.295 e. The molecule has 1 aromatic heterocycles. The van der Waals surface area contributed by atoms with Crippen molar-refractivity contribution < 1.29 is 9.53 Å². The summed E-state index contributed by atoms with van der Waals surface area (Å²) in [7, 11) is 1.79. The Hall–Kier alpha value is -2.09. The second-order valence-electron chi connectivity index (χ2n) is 5.51. The molecule has 7 nitrogen and oxygen atoms in total. The zero-order chi connectivity index (χ0) is 16.4. The second-order valence-corrected chi connectivity index (χ2v) is 5.51. The van der Waals surface area contributed by atoms with Crippen LogP contribution in [0.2, 0.25) is 0 Å². The largest absolute Gasteiger partial charge is 0.378 e. The van der Waals surface area contributed by atoms with Gasteiger partial charge < -0.3 is 15.4 Å². The number of hydrogen-bond donors (Lipinski definition) is 2. The van der Waals surface area contributed by atoms with Gasteiger partial charge in [-0.3, -0.25) is 14.3 Å². The molecule has 0 radical (unpaired) electrons. The van der Waals surface area contributed by atoms with Crippen LogP contribution in [0.25, 0.3) is 5.69 Å². The van der Waals surface area contributed by atoms with Gasteiger partial charge in [-0.15, -0.1) is 12.4 Å². The molecule has 2 N–H and O–H groups in total. The maximum absolute atomic E-state index is 12.7. The van der Waals surface area contributed by atoms with Crippen LogP contribution in [-0.4, -0.2) is 41.1 Å². The van der Waals surface area contributed by atoms with E-state index in [1.807, 2.05) is 30.3 Å². The van der Waals surface area contributed by atoms with E-state index in [0.29, 0.717) is 31.1 Å². The molecule has 0 spiro atoms. The normalized spacial score (nSPS) is 17.2. The Labute approximate surface area is 146 Å². The molecule has 8 heteroatoms. The summed E-state index contributed by atoms with van der Waals surface area (Å²) in [5.41, 5.74) is 1.50. The van der Waals surface area contributed by atoms with E-state index in [4.69, 9.17) is 4.74 Å². The van der Waals surface area contributed by atoms with Gasteiger partial charge in [-0.2, -0.15) is 0 Å². The molecule has 0 aliphatic carbocycles. The Morgan fingerprint density at radius 2 is 2.04 bits per heavy atom. The number of aromatic nitrogens is 2. The summed E-state index contributed by atoms with van der Waals surface area (Å²) in [5, 5.41) is 5.82. The third-order valence-electron chi connectivity index (χ3n) is 4.04. The summed E-state index contributed by atoms with van der Waals surface area (Å²) < 4.78 is 8.56. The van der Waals surface area contributed by atoms with Gasteiger partial charge in [0.15, 0.2) is 0 Å². The first-order valence-corrected chi connectivity index (χ1v) is 7.55. The molecule has 1 aliphatic heterocycles. The highest BCUT2D eigenvalue weighted by Gasteiger charge is 2.24. The van der Waals surface area contributed by atoms with Crippen LogP contribution in [0.5, 0.6) is 0 Å². The summed E-state index contributed by atoms with van der Waals surface area (Å²) in [4.78, 5) is 25.0. The molecule has 1 aromatic carbocycles. The summed E-state index contributed by atoms with van der Waals surface area (Å²) >= 11 is 0. The number of anilines is 1. The molecule has 2 heterocycles. The van der Waals surface area contributed by atoms with Gasteiger partial charge in [0.2, 0.25) is 5.91 Å². The number of ether oxygens (including phenoxy) is 1. The number of nitrogens with zero attached hydrogens (tertiary/aromatic N) is 2. The maximum Gasteiger partial charge on any atom is 0.295 e. The topological polar surface area (TPSA) is 77.3 Å². The van der Waals surface area contributed by atoms with E-state index in [9.17, 15) is 9.59 Å². The lowest BCUT2D eigenvalue weighted by Crippen LogP contribution is -2.49. The molecule has 1 amide bonds. The van der Waals surface area contributed by atoms with Crippen LogP contribution >= 0.6 is 12.4 Å². The monoisotopic (exact) mass is 352 g/mol. The van der Waals surface area contributed by atoms with E-state index in [0.717, 1.165) is 5.69 Å². The van der Waals surface area contributed by atoms with Crippen LogP contribution in [0.4, 0.5) is 5.69 Å². The number of benzene rings is 1. The van der Waals surface area contributed by atoms with Crippen LogP contribution in [-0.2, 0) is 16.6 Å². The van der Waals surface area contributed by atoms with Gasteiger partial charge in [-0.1, -0.05) is 18.2 Å². The standard InChI is InChI=1S/C16H20N4O3.ClH/c1-11-14(18-15(21)13-10-23-9-8-17-13)16(22)20(19(11)2)12-6-4-3-5-7-12;/h3-7,13,17H,8-10H2,1-2H3,(H,18,21);1H. The summed E-state index contributed by atoms with van der Waals surface area (Å²) in [5.74, 6) is -0.254. The average molecular weight is 353 g/mol. The van der Waals surface area contributed by atoms with Crippen LogP contribution in [0.3, 0.4) is 0 Å². The predicted octanol–water partition coefficient (Wildman–Crippen LogP) is 0.833. The van der Waals surface area contributed by atoms with Gasteiger partial charge in [0, 0.05) is 13.6 Å². The van der Waals surface area contributed by atoms with Crippen molar-refractivity contribution in [2.75, 3.05) is 25.1 Å². The summed E-state index contributed by atoms with van der Waals surface area (Å²) in [6.07, 6.45) is 0. The van der Waals surface area contributed by atoms with Gasteiger partial charge in [0.25, 0.3) is 5.56 Å². The molecule has 1 aliphatic rings. The van der Waals surface area contributed by atoms with Crippen LogP contribution < -0.4 is 16.2 Å².